The third kappa shape index (κ3) is 8.87. The van der Waals surface area contributed by atoms with E-state index in [1.165, 1.54) is 38.5 Å². The van der Waals surface area contributed by atoms with Gasteiger partial charge in [0.15, 0.2) is 5.96 Å². The van der Waals surface area contributed by atoms with E-state index >= 15 is 0 Å². The van der Waals surface area contributed by atoms with Crippen molar-refractivity contribution >= 4 is 39.8 Å². The van der Waals surface area contributed by atoms with Crippen molar-refractivity contribution in [1.29, 1.82) is 0 Å². The van der Waals surface area contributed by atoms with Gasteiger partial charge >= 0.3 is 0 Å². The summed E-state index contributed by atoms with van der Waals surface area (Å²) in [6.45, 7) is 3.59. The van der Waals surface area contributed by atoms with Crippen LogP contribution in [0.25, 0.3) is 0 Å². The molecule has 1 aliphatic carbocycles. The van der Waals surface area contributed by atoms with Gasteiger partial charge in [-0.05, 0) is 19.3 Å². The Hall–Kier alpha value is -0.130. The molecule has 1 saturated carbocycles. The van der Waals surface area contributed by atoms with Gasteiger partial charge in [-0.3, -0.25) is 9.89 Å². The predicted molar refractivity (Wildman–Crippen MR) is 113 cm³/mol. The first-order valence-corrected chi connectivity index (χ1v) is 11.0. The molecule has 2 rings (SSSR count). The zero-order valence-corrected chi connectivity index (χ0v) is 18.5. The second-order valence-electron chi connectivity index (χ2n) is 6.80. The first-order chi connectivity index (χ1) is 11.5. The molecule has 1 saturated heterocycles. The van der Waals surface area contributed by atoms with Gasteiger partial charge in [-0.25, -0.2) is 8.42 Å². The molecule has 2 aliphatic rings. The van der Waals surface area contributed by atoms with Crippen molar-refractivity contribution in [3.8, 4) is 0 Å². The third-order valence-electron chi connectivity index (χ3n) is 4.76. The Labute approximate surface area is 169 Å². The fourth-order valence-corrected chi connectivity index (χ4v) is 3.87. The second kappa shape index (κ2) is 11.6. The van der Waals surface area contributed by atoms with Crippen molar-refractivity contribution in [3.05, 3.63) is 0 Å². The number of guanidine groups is 1. The highest BCUT2D eigenvalue weighted by Gasteiger charge is 2.30. The van der Waals surface area contributed by atoms with Gasteiger partial charge in [0.25, 0.3) is 0 Å². The van der Waals surface area contributed by atoms with Crippen LogP contribution in [0.15, 0.2) is 4.99 Å². The van der Waals surface area contributed by atoms with E-state index in [1.807, 2.05) is 0 Å². The van der Waals surface area contributed by atoms with E-state index in [0.29, 0.717) is 19.2 Å². The molecule has 1 aliphatic heterocycles. The topological polar surface area (TPSA) is 83.0 Å². The van der Waals surface area contributed by atoms with Crippen LogP contribution in [0.2, 0.25) is 0 Å². The molecule has 0 bridgehead atoms. The standard InChI is InChI=1S/C16H32N4O3S.HI/c1-17-16(18-8-10-23-11-12-24(2,21)22)19-14-7-9-20(13-14)15-5-3-4-6-15;/h14-15H,3-13H2,1-2H3,(H2,17,18,19);1H. The van der Waals surface area contributed by atoms with E-state index < -0.39 is 9.84 Å². The van der Waals surface area contributed by atoms with Crippen LogP contribution >= 0.6 is 24.0 Å². The Morgan fingerprint density at radius 3 is 2.60 bits per heavy atom. The Balaban J connectivity index is 0.00000312. The summed E-state index contributed by atoms with van der Waals surface area (Å²) in [5, 5.41) is 6.70. The first-order valence-electron chi connectivity index (χ1n) is 8.94. The lowest BCUT2D eigenvalue weighted by molar-refractivity contribution is 0.154. The summed E-state index contributed by atoms with van der Waals surface area (Å²) in [6, 6.07) is 1.23. The van der Waals surface area contributed by atoms with Gasteiger partial charge < -0.3 is 15.4 Å². The molecule has 0 amide bonds. The minimum Gasteiger partial charge on any atom is -0.379 e. The van der Waals surface area contributed by atoms with Crippen LogP contribution in [0.4, 0.5) is 0 Å². The molecule has 0 radical (unpaired) electrons. The molecule has 148 valence electrons. The van der Waals surface area contributed by atoms with Crippen molar-refractivity contribution in [2.24, 2.45) is 4.99 Å². The van der Waals surface area contributed by atoms with Gasteiger partial charge in [0.05, 0.1) is 19.0 Å². The fraction of sp³-hybridized carbons (Fsp3) is 0.938. The molecule has 9 heteroatoms. The normalized spacial score (nSPS) is 22.8. The van der Waals surface area contributed by atoms with Gasteiger partial charge in [-0.1, -0.05) is 12.8 Å². The van der Waals surface area contributed by atoms with Gasteiger partial charge in [0.2, 0.25) is 0 Å². The first kappa shape index (κ1) is 22.9. The SMILES string of the molecule is CN=C(NCCOCCS(C)(=O)=O)NC1CCN(C2CCCC2)C1.I. The maximum absolute atomic E-state index is 11.0. The molecule has 0 spiro atoms. The molecule has 7 nitrogen and oxygen atoms in total. The number of hydrogen-bond donors (Lipinski definition) is 2. The van der Waals surface area contributed by atoms with Crippen molar-refractivity contribution < 1.29 is 13.2 Å². The highest BCUT2D eigenvalue weighted by atomic mass is 127. The number of nitrogens with zero attached hydrogens (tertiary/aromatic N) is 2. The Morgan fingerprint density at radius 1 is 1.24 bits per heavy atom. The molecule has 0 aromatic carbocycles. The number of ether oxygens (including phenoxy) is 1. The fourth-order valence-electron chi connectivity index (χ4n) is 3.45. The Morgan fingerprint density at radius 2 is 1.96 bits per heavy atom. The maximum Gasteiger partial charge on any atom is 0.191 e. The molecule has 1 heterocycles. The average molecular weight is 488 g/mol. The molecule has 1 unspecified atom stereocenters. The average Bonchev–Trinajstić information content (AvgIpc) is 3.19. The minimum atomic E-state index is -2.95. The van der Waals surface area contributed by atoms with Crippen molar-refractivity contribution in [3.63, 3.8) is 0 Å². The van der Waals surface area contributed by atoms with Crippen LogP contribution in [0.5, 0.6) is 0 Å². The second-order valence-corrected chi connectivity index (χ2v) is 9.06. The van der Waals surface area contributed by atoms with E-state index in [2.05, 4.69) is 20.5 Å². The van der Waals surface area contributed by atoms with Crippen LogP contribution in [0.1, 0.15) is 32.1 Å². The number of halogens is 1. The quantitative estimate of drug-likeness (QED) is 0.228. The van der Waals surface area contributed by atoms with E-state index in [9.17, 15) is 8.42 Å². The summed E-state index contributed by atoms with van der Waals surface area (Å²) in [7, 11) is -1.18. The Bertz CT molecular complexity index is 510. The van der Waals surface area contributed by atoms with Crippen LogP contribution in [0, 0.1) is 0 Å². The van der Waals surface area contributed by atoms with Crippen LogP contribution in [0.3, 0.4) is 0 Å². The highest BCUT2D eigenvalue weighted by molar-refractivity contribution is 14.0. The lowest BCUT2D eigenvalue weighted by Gasteiger charge is -2.24. The molecule has 0 aromatic heterocycles. The molecule has 1 atom stereocenters. The zero-order chi connectivity index (χ0) is 17.4. The number of aliphatic imine (C=N–C) groups is 1. The number of rotatable bonds is 8. The predicted octanol–water partition coefficient (Wildman–Crippen LogP) is 0.848. The molecule has 2 fully saturated rings. The summed E-state index contributed by atoms with van der Waals surface area (Å²) in [5.74, 6) is 0.860. The third-order valence-corrected chi connectivity index (χ3v) is 5.67. The summed E-state index contributed by atoms with van der Waals surface area (Å²) < 4.78 is 27.3. The van der Waals surface area contributed by atoms with Crippen LogP contribution in [-0.4, -0.2) is 83.3 Å². The van der Waals surface area contributed by atoms with E-state index in [1.54, 1.807) is 7.05 Å². The van der Waals surface area contributed by atoms with Crippen LogP contribution in [-0.2, 0) is 14.6 Å². The van der Waals surface area contributed by atoms with Gasteiger partial charge in [0, 0.05) is 45.0 Å². The van der Waals surface area contributed by atoms with Gasteiger partial charge in [-0.15, -0.1) is 24.0 Å². The summed E-state index contributed by atoms with van der Waals surface area (Å²) in [4.78, 5) is 6.87. The number of sulfone groups is 1. The van der Waals surface area contributed by atoms with Crippen LogP contribution < -0.4 is 10.6 Å². The van der Waals surface area contributed by atoms with E-state index in [0.717, 1.165) is 25.0 Å². The summed E-state index contributed by atoms with van der Waals surface area (Å²) >= 11 is 0. The zero-order valence-electron chi connectivity index (χ0n) is 15.4. The van der Waals surface area contributed by atoms with E-state index in [4.69, 9.17) is 4.74 Å². The molecule has 25 heavy (non-hydrogen) atoms. The van der Waals surface area contributed by atoms with E-state index in [-0.39, 0.29) is 36.3 Å². The molecular weight excluding hydrogens is 455 g/mol. The largest absolute Gasteiger partial charge is 0.379 e. The smallest absolute Gasteiger partial charge is 0.191 e. The Kier molecular flexibility index (Phi) is 10.6. The highest BCUT2D eigenvalue weighted by Crippen LogP contribution is 2.26. The van der Waals surface area contributed by atoms with Crippen molar-refractivity contribution in [2.45, 2.75) is 44.2 Å². The maximum atomic E-state index is 11.0. The number of likely N-dealkylation sites (tertiary alicyclic amines) is 1. The lowest BCUT2D eigenvalue weighted by Crippen LogP contribution is -2.46. The van der Waals surface area contributed by atoms with Gasteiger partial charge in [-0.2, -0.15) is 0 Å². The lowest BCUT2D eigenvalue weighted by atomic mass is 10.2. The molecule has 2 N–H and O–H groups in total. The number of nitrogens with one attached hydrogen (secondary N) is 2. The minimum absolute atomic E-state index is 0. The number of hydrogen-bond acceptors (Lipinski definition) is 5. The monoisotopic (exact) mass is 488 g/mol. The van der Waals surface area contributed by atoms with Gasteiger partial charge in [0.1, 0.15) is 9.84 Å². The molecule has 0 aromatic rings. The summed E-state index contributed by atoms with van der Waals surface area (Å²) in [5.41, 5.74) is 0. The summed E-state index contributed by atoms with van der Waals surface area (Å²) in [6.07, 6.45) is 7.83. The van der Waals surface area contributed by atoms with Crippen molar-refractivity contribution in [2.75, 3.05) is 51.9 Å². The molecular formula is C16H33IN4O3S. The van der Waals surface area contributed by atoms with Crippen molar-refractivity contribution in [1.82, 2.24) is 15.5 Å².